The number of benzene rings is 2. The number of aryl methyl sites for hydroxylation is 1. The largest absolute Gasteiger partial charge is 0.342 e. The highest BCUT2D eigenvalue weighted by Crippen LogP contribution is 2.27. The van der Waals surface area contributed by atoms with Gasteiger partial charge in [-0.1, -0.05) is 54.6 Å². The van der Waals surface area contributed by atoms with Gasteiger partial charge in [-0.2, -0.15) is 0 Å². The molecule has 1 fully saturated rings. The SMILES string of the molecule is NCc1ccc(CCC(=O)N2CCC(c3ccccc3)C2)cc1. The first-order valence-electron chi connectivity index (χ1n) is 8.37. The van der Waals surface area contributed by atoms with Crippen LogP contribution in [-0.4, -0.2) is 23.9 Å². The lowest BCUT2D eigenvalue weighted by Gasteiger charge is -2.17. The minimum absolute atomic E-state index is 0.270. The van der Waals surface area contributed by atoms with Crippen molar-refractivity contribution in [3.05, 3.63) is 71.3 Å². The summed E-state index contributed by atoms with van der Waals surface area (Å²) in [4.78, 5) is 14.4. The highest BCUT2D eigenvalue weighted by atomic mass is 16.2. The summed E-state index contributed by atoms with van der Waals surface area (Å²) in [5, 5.41) is 0. The monoisotopic (exact) mass is 308 g/mol. The van der Waals surface area contributed by atoms with Gasteiger partial charge in [-0.3, -0.25) is 4.79 Å². The van der Waals surface area contributed by atoms with Crippen molar-refractivity contribution in [3.8, 4) is 0 Å². The van der Waals surface area contributed by atoms with Crippen molar-refractivity contribution in [2.24, 2.45) is 5.73 Å². The van der Waals surface area contributed by atoms with E-state index in [0.717, 1.165) is 31.5 Å². The first-order chi connectivity index (χ1) is 11.3. The zero-order valence-electron chi connectivity index (χ0n) is 13.4. The van der Waals surface area contributed by atoms with Gasteiger partial charge < -0.3 is 10.6 Å². The van der Waals surface area contributed by atoms with Crippen LogP contribution >= 0.6 is 0 Å². The van der Waals surface area contributed by atoms with Crippen LogP contribution in [0.5, 0.6) is 0 Å². The maximum atomic E-state index is 12.4. The Hall–Kier alpha value is -2.13. The molecule has 0 saturated carbocycles. The van der Waals surface area contributed by atoms with Crippen LogP contribution in [0.25, 0.3) is 0 Å². The average molecular weight is 308 g/mol. The lowest BCUT2D eigenvalue weighted by atomic mass is 9.99. The van der Waals surface area contributed by atoms with Crippen molar-refractivity contribution >= 4 is 5.91 Å². The van der Waals surface area contributed by atoms with Gasteiger partial charge in [-0.15, -0.1) is 0 Å². The summed E-state index contributed by atoms with van der Waals surface area (Å²) < 4.78 is 0. The molecule has 1 atom stereocenters. The minimum atomic E-state index is 0.270. The fourth-order valence-corrected chi connectivity index (χ4v) is 3.24. The van der Waals surface area contributed by atoms with Crippen molar-refractivity contribution in [3.63, 3.8) is 0 Å². The van der Waals surface area contributed by atoms with Crippen molar-refractivity contribution in [1.82, 2.24) is 4.90 Å². The zero-order valence-corrected chi connectivity index (χ0v) is 13.4. The zero-order chi connectivity index (χ0) is 16.1. The van der Waals surface area contributed by atoms with E-state index in [1.54, 1.807) is 0 Å². The Morgan fingerprint density at radius 2 is 1.74 bits per heavy atom. The summed E-state index contributed by atoms with van der Waals surface area (Å²) in [5.74, 6) is 0.760. The highest BCUT2D eigenvalue weighted by Gasteiger charge is 2.26. The molecule has 0 aromatic heterocycles. The summed E-state index contributed by atoms with van der Waals surface area (Å²) in [6.07, 6.45) is 2.46. The molecule has 0 bridgehead atoms. The predicted octanol–water partition coefficient (Wildman–Crippen LogP) is 3.09. The Bertz CT molecular complexity index is 636. The third-order valence-electron chi connectivity index (χ3n) is 4.70. The maximum absolute atomic E-state index is 12.4. The van der Waals surface area contributed by atoms with Crippen LogP contribution in [0, 0.1) is 0 Å². The second kappa shape index (κ2) is 7.42. The summed E-state index contributed by atoms with van der Waals surface area (Å²) >= 11 is 0. The number of carbonyl (C=O) groups is 1. The average Bonchev–Trinajstić information content (AvgIpc) is 3.11. The molecule has 0 radical (unpaired) electrons. The van der Waals surface area contributed by atoms with Crippen LogP contribution in [0.15, 0.2) is 54.6 Å². The predicted molar refractivity (Wildman–Crippen MR) is 93.0 cm³/mol. The molecule has 120 valence electrons. The van der Waals surface area contributed by atoms with Crippen molar-refractivity contribution in [2.75, 3.05) is 13.1 Å². The van der Waals surface area contributed by atoms with Gasteiger partial charge in [0, 0.05) is 32.0 Å². The Labute approximate surface area is 138 Å². The normalized spacial score (nSPS) is 17.4. The number of hydrogen-bond acceptors (Lipinski definition) is 2. The molecule has 0 spiro atoms. The van der Waals surface area contributed by atoms with Gasteiger partial charge >= 0.3 is 0 Å². The van der Waals surface area contributed by atoms with Crippen molar-refractivity contribution in [2.45, 2.75) is 31.7 Å². The highest BCUT2D eigenvalue weighted by molar-refractivity contribution is 5.76. The summed E-state index contributed by atoms with van der Waals surface area (Å²) in [6.45, 7) is 2.30. The molecule has 1 aliphatic rings. The van der Waals surface area contributed by atoms with E-state index in [2.05, 4.69) is 36.4 Å². The number of amides is 1. The minimum Gasteiger partial charge on any atom is -0.342 e. The smallest absolute Gasteiger partial charge is 0.222 e. The Morgan fingerprint density at radius 3 is 2.43 bits per heavy atom. The van der Waals surface area contributed by atoms with Crippen molar-refractivity contribution in [1.29, 1.82) is 0 Å². The van der Waals surface area contributed by atoms with Crippen LogP contribution in [0.4, 0.5) is 0 Å². The van der Waals surface area contributed by atoms with Crippen LogP contribution in [0.2, 0.25) is 0 Å². The maximum Gasteiger partial charge on any atom is 0.222 e. The molecule has 3 nitrogen and oxygen atoms in total. The molecule has 1 heterocycles. The van der Waals surface area contributed by atoms with Crippen molar-refractivity contribution < 1.29 is 4.79 Å². The lowest BCUT2D eigenvalue weighted by Crippen LogP contribution is -2.28. The van der Waals surface area contributed by atoms with Crippen LogP contribution in [0.3, 0.4) is 0 Å². The molecule has 23 heavy (non-hydrogen) atoms. The molecule has 1 unspecified atom stereocenters. The van der Waals surface area contributed by atoms with Gasteiger partial charge in [0.2, 0.25) is 5.91 Å². The molecule has 2 aromatic rings. The number of nitrogens with two attached hydrogens (primary N) is 1. The van der Waals surface area contributed by atoms with Gasteiger partial charge in [-0.25, -0.2) is 0 Å². The Morgan fingerprint density at radius 1 is 1.04 bits per heavy atom. The quantitative estimate of drug-likeness (QED) is 0.922. The molecular weight excluding hydrogens is 284 g/mol. The van der Waals surface area contributed by atoms with E-state index in [1.165, 1.54) is 11.1 Å². The van der Waals surface area contributed by atoms with Crippen LogP contribution in [0.1, 0.15) is 35.4 Å². The number of rotatable bonds is 5. The van der Waals surface area contributed by atoms with E-state index < -0.39 is 0 Å². The molecule has 3 heteroatoms. The third kappa shape index (κ3) is 3.99. The number of likely N-dealkylation sites (tertiary alicyclic amines) is 1. The standard InChI is InChI=1S/C20H24N2O/c21-14-17-8-6-16(7-9-17)10-11-20(23)22-13-12-19(15-22)18-4-2-1-3-5-18/h1-9,19H,10-15,21H2. The van der Waals surface area contributed by atoms with E-state index in [9.17, 15) is 4.79 Å². The van der Waals surface area contributed by atoms with Gasteiger partial charge in [-0.05, 0) is 29.5 Å². The fraction of sp³-hybridized carbons (Fsp3) is 0.350. The third-order valence-corrected chi connectivity index (χ3v) is 4.70. The Balaban J connectivity index is 1.51. The molecule has 3 rings (SSSR count). The summed E-state index contributed by atoms with van der Waals surface area (Å²) in [7, 11) is 0. The van der Waals surface area contributed by atoms with Crippen LogP contribution < -0.4 is 5.73 Å². The van der Waals surface area contributed by atoms with E-state index in [0.29, 0.717) is 18.9 Å². The molecule has 1 saturated heterocycles. The van der Waals surface area contributed by atoms with Gasteiger partial charge in [0.1, 0.15) is 0 Å². The summed E-state index contributed by atoms with van der Waals surface area (Å²) in [5.41, 5.74) is 9.29. The van der Waals surface area contributed by atoms with E-state index in [1.807, 2.05) is 23.1 Å². The molecule has 1 aliphatic heterocycles. The van der Waals surface area contributed by atoms with Gasteiger partial charge in [0.25, 0.3) is 0 Å². The topological polar surface area (TPSA) is 46.3 Å². The van der Waals surface area contributed by atoms with E-state index in [4.69, 9.17) is 5.73 Å². The molecule has 0 aliphatic carbocycles. The van der Waals surface area contributed by atoms with Crippen LogP contribution in [-0.2, 0) is 17.8 Å². The number of carbonyl (C=O) groups excluding carboxylic acids is 1. The first kappa shape index (κ1) is 15.8. The Kier molecular flexibility index (Phi) is 5.09. The van der Waals surface area contributed by atoms with Gasteiger partial charge in [0.15, 0.2) is 0 Å². The molecule has 2 N–H and O–H groups in total. The number of hydrogen-bond donors (Lipinski definition) is 1. The molecular formula is C20H24N2O. The number of nitrogens with zero attached hydrogens (tertiary/aromatic N) is 1. The second-order valence-electron chi connectivity index (χ2n) is 6.26. The first-order valence-corrected chi connectivity index (χ1v) is 8.37. The van der Waals surface area contributed by atoms with E-state index >= 15 is 0 Å². The molecule has 1 amide bonds. The summed E-state index contributed by atoms with van der Waals surface area (Å²) in [6, 6.07) is 18.8. The fourth-order valence-electron chi connectivity index (χ4n) is 3.24. The molecule has 2 aromatic carbocycles. The van der Waals surface area contributed by atoms with E-state index in [-0.39, 0.29) is 5.91 Å². The lowest BCUT2D eigenvalue weighted by molar-refractivity contribution is -0.130. The second-order valence-corrected chi connectivity index (χ2v) is 6.26. The van der Waals surface area contributed by atoms with Gasteiger partial charge in [0.05, 0.1) is 0 Å².